The molecule has 1 aliphatic rings. The minimum Gasteiger partial charge on any atom is -0.226 e. The van der Waals surface area contributed by atoms with Gasteiger partial charge in [-0.05, 0) is 6.92 Å². The molecule has 8 heavy (non-hydrogen) atoms. The summed E-state index contributed by atoms with van der Waals surface area (Å²) in [4.78, 5) is 1.93. The lowest BCUT2D eigenvalue weighted by Crippen LogP contribution is -2.31. The lowest BCUT2D eigenvalue weighted by Gasteiger charge is -2.10. The molecule has 0 fully saturated rings. The van der Waals surface area contributed by atoms with Crippen LogP contribution in [0.25, 0.3) is 0 Å². The summed E-state index contributed by atoms with van der Waals surface area (Å²) in [7, 11) is 3.89. The summed E-state index contributed by atoms with van der Waals surface area (Å²) in [5.74, 6) is 0. The van der Waals surface area contributed by atoms with Gasteiger partial charge in [-0.25, -0.2) is 5.01 Å². The summed E-state index contributed by atoms with van der Waals surface area (Å²) in [6.45, 7) is 2.07. The zero-order chi connectivity index (χ0) is 6.15. The third-order valence-corrected chi connectivity index (χ3v) is 1.46. The van der Waals surface area contributed by atoms with E-state index in [1.807, 2.05) is 24.0 Å². The van der Waals surface area contributed by atoms with Crippen molar-refractivity contribution in [3.8, 4) is 0 Å². The Morgan fingerprint density at radius 1 is 1.50 bits per heavy atom. The van der Waals surface area contributed by atoms with Crippen molar-refractivity contribution in [3.05, 3.63) is 0 Å². The summed E-state index contributed by atoms with van der Waals surface area (Å²) in [6.07, 6.45) is 3.17. The van der Waals surface area contributed by atoms with Crippen LogP contribution in [0.4, 0.5) is 0 Å². The lowest BCUT2D eigenvalue weighted by atomic mass is 10.5. The van der Waals surface area contributed by atoms with E-state index in [2.05, 4.69) is 18.4 Å². The van der Waals surface area contributed by atoms with Crippen LogP contribution in [0.1, 0.15) is 6.92 Å². The van der Waals surface area contributed by atoms with E-state index in [9.17, 15) is 0 Å². The number of hydrogen-bond acceptors (Lipinski definition) is 3. The second-order valence-electron chi connectivity index (χ2n) is 2.02. The molecule has 0 saturated carbocycles. The summed E-state index contributed by atoms with van der Waals surface area (Å²) in [6, 6.07) is 0. The molecule has 44 valence electrons. The van der Waals surface area contributed by atoms with Crippen LogP contribution >= 0.6 is 0 Å². The summed E-state index contributed by atoms with van der Waals surface area (Å²) >= 11 is 0. The molecule has 1 rings (SSSR count). The molecule has 0 saturated heterocycles. The highest BCUT2D eigenvalue weighted by Crippen LogP contribution is 2.04. The largest absolute Gasteiger partial charge is 0.544 e. The Morgan fingerprint density at radius 3 is 2.25 bits per heavy atom. The van der Waals surface area contributed by atoms with Crippen LogP contribution in [0.15, 0.2) is 5.10 Å². The first-order chi connectivity index (χ1) is 3.72. The predicted molar refractivity (Wildman–Crippen MR) is 32.4 cm³/mol. The molecule has 0 aromatic rings. The van der Waals surface area contributed by atoms with E-state index in [4.69, 9.17) is 0 Å². The first-order valence-electron chi connectivity index (χ1n) is 2.64. The van der Waals surface area contributed by atoms with Crippen LogP contribution in [0.3, 0.4) is 0 Å². The fourth-order valence-corrected chi connectivity index (χ4v) is 0.559. The number of hydrogen-bond donors (Lipinski definition) is 0. The van der Waals surface area contributed by atoms with Crippen LogP contribution in [-0.2, 0) is 0 Å². The maximum Gasteiger partial charge on any atom is 0.544 e. The van der Waals surface area contributed by atoms with Gasteiger partial charge >= 0.3 is 6.34 Å². The van der Waals surface area contributed by atoms with Gasteiger partial charge in [0.25, 0.3) is 0 Å². The highest BCUT2D eigenvalue weighted by atomic mass is 15.6. The molecular weight excluding hydrogens is 102 g/mol. The Hall–Kier alpha value is -0.820. The molecule has 3 heteroatoms. The van der Waals surface area contributed by atoms with Gasteiger partial charge in [0, 0.05) is 7.05 Å². The standard InChI is InChI=1S/C5H10N3/c1-5-7(2)4-6-8(5)3/h5H,1-3H3/q+1. The molecule has 0 radical (unpaired) electrons. The van der Waals surface area contributed by atoms with E-state index in [-0.39, 0.29) is 0 Å². The van der Waals surface area contributed by atoms with Gasteiger partial charge in [0.15, 0.2) is 6.17 Å². The molecule has 3 nitrogen and oxygen atoms in total. The quantitative estimate of drug-likeness (QED) is 0.412. The van der Waals surface area contributed by atoms with Gasteiger partial charge in [-0.2, -0.15) is 0 Å². The van der Waals surface area contributed by atoms with Gasteiger partial charge < -0.3 is 0 Å². The minimum absolute atomic E-state index is 0.370. The molecule has 1 aliphatic heterocycles. The van der Waals surface area contributed by atoms with E-state index in [0.29, 0.717) is 6.17 Å². The predicted octanol–water partition coefficient (Wildman–Crippen LogP) is 0.0299. The lowest BCUT2D eigenvalue weighted by molar-refractivity contribution is 0.201. The fourth-order valence-electron chi connectivity index (χ4n) is 0.559. The number of hydrazone groups is 1. The highest BCUT2D eigenvalue weighted by molar-refractivity contribution is 5.56. The van der Waals surface area contributed by atoms with Crippen LogP contribution in [0.2, 0.25) is 0 Å². The monoisotopic (exact) mass is 112 g/mol. The van der Waals surface area contributed by atoms with Crippen LogP contribution in [-0.4, -0.2) is 36.5 Å². The third-order valence-electron chi connectivity index (χ3n) is 1.46. The van der Waals surface area contributed by atoms with Gasteiger partial charge in [-0.15, -0.1) is 4.90 Å². The molecule has 1 unspecified atom stereocenters. The third kappa shape index (κ3) is 0.610. The molecule has 1 heterocycles. The SMILES string of the molecule is CC1N(C)[C+]=NN1C. The fraction of sp³-hybridized carbons (Fsp3) is 0.800. The molecule has 1 atom stereocenters. The number of nitrogens with zero attached hydrogens (tertiary/aromatic N) is 3. The first kappa shape index (κ1) is 5.32. The van der Waals surface area contributed by atoms with E-state index in [0.717, 1.165) is 0 Å². The van der Waals surface area contributed by atoms with E-state index >= 15 is 0 Å². The second kappa shape index (κ2) is 1.60. The molecule has 0 aliphatic carbocycles. The maximum absolute atomic E-state index is 3.91. The average molecular weight is 112 g/mol. The Balaban J connectivity index is 2.55. The Kier molecular flexibility index (Phi) is 1.06. The van der Waals surface area contributed by atoms with Gasteiger partial charge in [0.1, 0.15) is 5.10 Å². The second-order valence-corrected chi connectivity index (χ2v) is 2.02. The van der Waals surface area contributed by atoms with Crippen molar-refractivity contribution in [1.29, 1.82) is 0 Å². The topological polar surface area (TPSA) is 18.8 Å². The van der Waals surface area contributed by atoms with Crippen molar-refractivity contribution in [2.24, 2.45) is 5.10 Å². The maximum atomic E-state index is 3.91. The summed E-state index contributed by atoms with van der Waals surface area (Å²) < 4.78 is 0. The Morgan fingerprint density at radius 2 is 2.12 bits per heavy atom. The van der Waals surface area contributed by atoms with Crippen molar-refractivity contribution in [1.82, 2.24) is 9.91 Å². The minimum atomic E-state index is 0.370. The van der Waals surface area contributed by atoms with E-state index in [1.54, 1.807) is 0 Å². The van der Waals surface area contributed by atoms with E-state index < -0.39 is 0 Å². The van der Waals surface area contributed by atoms with Crippen molar-refractivity contribution in [2.45, 2.75) is 13.1 Å². The molecule has 0 spiro atoms. The van der Waals surface area contributed by atoms with Gasteiger partial charge in [-0.1, -0.05) is 0 Å². The normalized spacial score (nSPS) is 26.6. The Bertz CT molecular complexity index is 98.2. The van der Waals surface area contributed by atoms with Crippen molar-refractivity contribution in [2.75, 3.05) is 14.1 Å². The highest BCUT2D eigenvalue weighted by Gasteiger charge is 2.29. The van der Waals surface area contributed by atoms with Gasteiger partial charge in [-0.3, -0.25) is 0 Å². The smallest absolute Gasteiger partial charge is 0.226 e. The molecule has 0 bridgehead atoms. The zero-order valence-electron chi connectivity index (χ0n) is 5.42. The van der Waals surface area contributed by atoms with Crippen molar-refractivity contribution >= 4 is 6.34 Å². The van der Waals surface area contributed by atoms with E-state index in [1.165, 1.54) is 0 Å². The van der Waals surface area contributed by atoms with Crippen LogP contribution in [0.5, 0.6) is 0 Å². The summed E-state index contributed by atoms with van der Waals surface area (Å²) in [5.41, 5.74) is 0. The van der Waals surface area contributed by atoms with Gasteiger partial charge in [0.2, 0.25) is 0 Å². The Labute approximate surface area is 49.6 Å². The van der Waals surface area contributed by atoms with Gasteiger partial charge in [0.05, 0.1) is 7.05 Å². The summed E-state index contributed by atoms with van der Waals surface area (Å²) in [5, 5.41) is 5.77. The molecule has 0 aromatic heterocycles. The van der Waals surface area contributed by atoms with Crippen LogP contribution in [0, 0.1) is 0 Å². The molecule has 0 N–H and O–H groups in total. The molecule has 0 aromatic carbocycles. The zero-order valence-corrected chi connectivity index (χ0v) is 5.42. The van der Waals surface area contributed by atoms with Crippen LogP contribution < -0.4 is 0 Å². The van der Waals surface area contributed by atoms with Crippen molar-refractivity contribution < 1.29 is 0 Å². The average Bonchev–Trinajstić information content (AvgIpc) is 1.98. The van der Waals surface area contributed by atoms with Crippen molar-refractivity contribution in [3.63, 3.8) is 0 Å². The molecular formula is C5H10N3+. The number of rotatable bonds is 0. The molecule has 0 amide bonds. The first-order valence-corrected chi connectivity index (χ1v) is 2.64.